The SMILES string of the molecule is CCNc1ccc(-c2cccc(OC(F)(F)F)c2)nn1. The van der Waals surface area contributed by atoms with Gasteiger partial charge in [0.2, 0.25) is 0 Å². The highest BCUT2D eigenvalue weighted by Gasteiger charge is 2.31. The third-order valence-corrected chi connectivity index (χ3v) is 2.39. The lowest BCUT2D eigenvalue weighted by Crippen LogP contribution is -2.17. The number of alkyl halides is 3. The summed E-state index contributed by atoms with van der Waals surface area (Å²) in [6.07, 6.45) is -4.71. The van der Waals surface area contributed by atoms with Crippen molar-refractivity contribution in [1.82, 2.24) is 10.2 Å². The van der Waals surface area contributed by atoms with Crippen molar-refractivity contribution in [2.45, 2.75) is 13.3 Å². The van der Waals surface area contributed by atoms with E-state index < -0.39 is 6.36 Å². The van der Waals surface area contributed by atoms with Crippen molar-refractivity contribution in [3.8, 4) is 17.0 Å². The van der Waals surface area contributed by atoms with E-state index in [4.69, 9.17) is 0 Å². The Bertz CT molecular complexity index is 570. The van der Waals surface area contributed by atoms with Crippen LogP contribution in [0.25, 0.3) is 11.3 Å². The molecule has 0 radical (unpaired) electrons. The van der Waals surface area contributed by atoms with Crippen LogP contribution in [0.15, 0.2) is 36.4 Å². The van der Waals surface area contributed by atoms with Crippen molar-refractivity contribution < 1.29 is 17.9 Å². The molecule has 0 spiro atoms. The molecule has 7 heteroatoms. The number of aromatic nitrogens is 2. The van der Waals surface area contributed by atoms with Crippen molar-refractivity contribution in [1.29, 1.82) is 0 Å². The maximum atomic E-state index is 12.2. The van der Waals surface area contributed by atoms with Crippen LogP contribution in [0.1, 0.15) is 6.92 Å². The second-order valence-electron chi connectivity index (χ2n) is 3.91. The van der Waals surface area contributed by atoms with E-state index >= 15 is 0 Å². The number of benzene rings is 1. The molecular formula is C13H12F3N3O. The maximum Gasteiger partial charge on any atom is 0.573 e. The number of rotatable bonds is 4. The van der Waals surface area contributed by atoms with Gasteiger partial charge in [0, 0.05) is 12.1 Å². The summed E-state index contributed by atoms with van der Waals surface area (Å²) in [6.45, 7) is 2.64. The first-order chi connectivity index (χ1) is 9.48. The van der Waals surface area contributed by atoms with E-state index in [1.54, 1.807) is 18.2 Å². The molecule has 0 atom stereocenters. The van der Waals surface area contributed by atoms with Gasteiger partial charge in [-0.3, -0.25) is 0 Å². The first-order valence-electron chi connectivity index (χ1n) is 5.92. The lowest BCUT2D eigenvalue weighted by molar-refractivity contribution is -0.274. The summed E-state index contributed by atoms with van der Waals surface area (Å²) >= 11 is 0. The van der Waals surface area contributed by atoms with E-state index in [0.29, 0.717) is 23.6 Å². The third-order valence-electron chi connectivity index (χ3n) is 2.39. The van der Waals surface area contributed by atoms with E-state index in [1.165, 1.54) is 18.2 Å². The van der Waals surface area contributed by atoms with Gasteiger partial charge in [-0.2, -0.15) is 0 Å². The summed E-state index contributed by atoms with van der Waals surface area (Å²) in [5.74, 6) is 0.325. The number of anilines is 1. The van der Waals surface area contributed by atoms with Crippen LogP contribution in [0.3, 0.4) is 0 Å². The Labute approximate surface area is 113 Å². The molecule has 2 aromatic rings. The van der Waals surface area contributed by atoms with E-state index in [1.807, 2.05) is 6.92 Å². The number of nitrogens with zero attached hydrogens (tertiary/aromatic N) is 2. The van der Waals surface area contributed by atoms with Gasteiger partial charge >= 0.3 is 6.36 Å². The van der Waals surface area contributed by atoms with Crippen molar-refractivity contribution in [2.24, 2.45) is 0 Å². The topological polar surface area (TPSA) is 47.0 Å². The van der Waals surface area contributed by atoms with Gasteiger partial charge in [0.15, 0.2) is 0 Å². The molecule has 1 aromatic carbocycles. The number of hydrogen-bond acceptors (Lipinski definition) is 4. The summed E-state index contributed by atoms with van der Waals surface area (Å²) in [5, 5.41) is 10.9. The Hall–Kier alpha value is -2.31. The summed E-state index contributed by atoms with van der Waals surface area (Å²) in [4.78, 5) is 0. The fourth-order valence-corrected chi connectivity index (χ4v) is 1.61. The molecule has 0 fully saturated rings. The van der Waals surface area contributed by atoms with Crippen molar-refractivity contribution >= 4 is 5.82 Å². The van der Waals surface area contributed by atoms with E-state index in [2.05, 4.69) is 20.3 Å². The maximum absolute atomic E-state index is 12.2. The van der Waals surface area contributed by atoms with Gasteiger partial charge in [-0.15, -0.1) is 23.4 Å². The molecule has 0 amide bonds. The molecule has 20 heavy (non-hydrogen) atoms. The molecule has 0 unspecified atom stereocenters. The van der Waals surface area contributed by atoms with Crippen LogP contribution >= 0.6 is 0 Å². The molecule has 4 nitrogen and oxygen atoms in total. The van der Waals surface area contributed by atoms with Crippen LogP contribution in [0, 0.1) is 0 Å². The standard InChI is InChI=1S/C13H12F3N3O/c1-2-17-12-7-6-11(18-19-12)9-4-3-5-10(8-9)20-13(14,15)16/h3-8H,2H2,1H3,(H,17,19). The van der Waals surface area contributed by atoms with Crippen LogP contribution in [0.4, 0.5) is 19.0 Å². The molecule has 1 N–H and O–H groups in total. The van der Waals surface area contributed by atoms with Crippen molar-refractivity contribution in [3.63, 3.8) is 0 Å². The monoisotopic (exact) mass is 283 g/mol. The van der Waals surface area contributed by atoms with Crippen LogP contribution < -0.4 is 10.1 Å². The van der Waals surface area contributed by atoms with Gasteiger partial charge in [-0.05, 0) is 31.2 Å². The molecule has 0 aliphatic rings. The minimum atomic E-state index is -4.71. The number of ether oxygens (including phenoxy) is 1. The fourth-order valence-electron chi connectivity index (χ4n) is 1.61. The molecule has 0 saturated carbocycles. The average Bonchev–Trinajstić information content (AvgIpc) is 2.38. The fraction of sp³-hybridized carbons (Fsp3) is 0.231. The largest absolute Gasteiger partial charge is 0.573 e. The van der Waals surface area contributed by atoms with Gasteiger partial charge in [-0.1, -0.05) is 12.1 Å². The second-order valence-corrected chi connectivity index (χ2v) is 3.91. The second kappa shape index (κ2) is 5.77. The lowest BCUT2D eigenvalue weighted by Gasteiger charge is -2.09. The minimum absolute atomic E-state index is 0.285. The van der Waals surface area contributed by atoms with Gasteiger partial charge in [0.1, 0.15) is 11.6 Å². The van der Waals surface area contributed by atoms with Crippen molar-refractivity contribution in [2.75, 3.05) is 11.9 Å². The number of hydrogen-bond donors (Lipinski definition) is 1. The lowest BCUT2D eigenvalue weighted by atomic mass is 10.1. The summed E-state index contributed by atoms with van der Waals surface area (Å²) in [7, 11) is 0. The first-order valence-corrected chi connectivity index (χ1v) is 5.92. The van der Waals surface area contributed by atoms with E-state index in [0.717, 1.165) is 0 Å². The molecule has 0 aliphatic carbocycles. The summed E-state index contributed by atoms with van der Waals surface area (Å²) in [6, 6.07) is 9.00. The Morgan fingerprint density at radius 3 is 2.55 bits per heavy atom. The average molecular weight is 283 g/mol. The van der Waals surface area contributed by atoms with Gasteiger partial charge in [-0.25, -0.2) is 0 Å². The zero-order chi connectivity index (χ0) is 14.6. The van der Waals surface area contributed by atoms with Gasteiger partial charge in [0.05, 0.1) is 5.69 Å². The van der Waals surface area contributed by atoms with Crippen molar-refractivity contribution in [3.05, 3.63) is 36.4 Å². The number of halogens is 3. The van der Waals surface area contributed by atoms with Crippen LogP contribution in [0.2, 0.25) is 0 Å². The predicted octanol–water partition coefficient (Wildman–Crippen LogP) is 3.47. The molecule has 106 valence electrons. The number of nitrogens with one attached hydrogen (secondary N) is 1. The van der Waals surface area contributed by atoms with Crippen LogP contribution in [-0.4, -0.2) is 23.1 Å². The Morgan fingerprint density at radius 1 is 1.15 bits per heavy atom. The molecular weight excluding hydrogens is 271 g/mol. The predicted molar refractivity (Wildman–Crippen MR) is 68.3 cm³/mol. The van der Waals surface area contributed by atoms with E-state index in [9.17, 15) is 13.2 Å². The quantitative estimate of drug-likeness (QED) is 0.933. The Balaban J connectivity index is 2.22. The highest BCUT2D eigenvalue weighted by atomic mass is 19.4. The summed E-state index contributed by atoms with van der Waals surface area (Å²) < 4.78 is 40.3. The molecule has 0 bridgehead atoms. The van der Waals surface area contributed by atoms with Gasteiger partial charge < -0.3 is 10.1 Å². The first kappa shape index (κ1) is 14.1. The zero-order valence-corrected chi connectivity index (χ0v) is 10.6. The van der Waals surface area contributed by atoms with E-state index in [-0.39, 0.29) is 5.75 Å². The normalized spacial score (nSPS) is 11.2. The highest BCUT2D eigenvalue weighted by Crippen LogP contribution is 2.27. The molecule has 2 rings (SSSR count). The molecule has 1 heterocycles. The molecule has 0 saturated heterocycles. The third kappa shape index (κ3) is 3.84. The van der Waals surface area contributed by atoms with Gasteiger partial charge in [0.25, 0.3) is 0 Å². The minimum Gasteiger partial charge on any atom is -0.406 e. The Kier molecular flexibility index (Phi) is 4.07. The zero-order valence-electron chi connectivity index (χ0n) is 10.6. The van der Waals surface area contributed by atoms with Crippen LogP contribution in [-0.2, 0) is 0 Å². The summed E-state index contributed by atoms with van der Waals surface area (Å²) in [5.41, 5.74) is 0.974. The molecule has 1 aromatic heterocycles. The smallest absolute Gasteiger partial charge is 0.406 e. The highest BCUT2D eigenvalue weighted by molar-refractivity contribution is 5.61. The Morgan fingerprint density at radius 2 is 1.95 bits per heavy atom. The van der Waals surface area contributed by atoms with Crippen LogP contribution in [0.5, 0.6) is 5.75 Å². The molecule has 0 aliphatic heterocycles.